The highest BCUT2D eigenvalue weighted by atomic mass is 16.3. The van der Waals surface area contributed by atoms with Crippen LogP contribution >= 0.6 is 0 Å². The smallest absolute Gasteiger partial charge is 0.137 e. The van der Waals surface area contributed by atoms with Gasteiger partial charge in [-0.25, -0.2) is 0 Å². The van der Waals surface area contributed by atoms with Crippen LogP contribution < -0.4 is 4.90 Å². The van der Waals surface area contributed by atoms with Gasteiger partial charge in [-0.1, -0.05) is 152 Å². The SMILES string of the molecule is c1ccc(-c2ccc(N(c3ccc(-c4ccc5ccccc5c4)cc3)c3cccc4oc5ccc6c(-c7ccccc7)cccc6c5c34)cc2)cc1. The summed E-state index contributed by atoms with van der Waals surface area (Å²) in [5.74, 6) is 0. The molecule has 0 unspecified atom stereocenters. The molecule has 52 heavy (non-hydrogen) atoms. The van der Waals surface area contributed by atoms with E-state index in [0.717, 1.165) is 39.0 Å². The van der Waals surface area contributed by atoms with Crippen molar-refractivity contribution >= 4 is 60.5 Å². The molecule has 0 saturated heterocycles. The molecule has 2 nitrogen and oxygen atoms in total. The minimum absolute atomic E-state index is 0.865. The molecule has 0 bridgehead atoms. The molecule has 2 heteroatoms. The van der Waals surface area contributed by atoms with E-state index in [0.29, 0.717) is 0 Å². The molecule has 0 N–H and O–H groups in total. The van der Waals surface area contributed by atoms with Crippen molar-refractivity contribution in [2.45, 2.75) is 0 Å². The van der Waals surface area contributed by atoms with Crippen LogP contribution in [0.3, 0.4) is 0 Å². The van der Waals surface area contributed by atoms with E-state index in [-0.39, 0.29) is 0 Å². The van der Waals surface area contributed by atoms with Crippen LogP contribution in [0, 0.1) is 0 Å². The van der Waals surface area contributed by atoms with Crippen molar-refractivity contribution in [3.63, 3.8) is 0 Å². The normalized spacial score (nSPS) is 11.5. The second kappa shape index (κ2) is 12.5. The van der Waals surface area contributed by atoms with Crippen LogP contribution in [0.5, 0.6) is 0 Å². The summed E-state index contributed by atoms with van der Waals surface area (Å²) in [4.78, 5) is 2.37. The lowest BCUT2D eigenvalue weighted by atomic mass is 9.95. The van der Waals surface area contributed by atoms with Crippen LogP contribution in [-0.2, 0) is 0 Å². The van der Waals surface area contributed by atoms with Gasteiger partial charge < -0.3 is 9.32 Å². The molecule has 0 atom stereocenters. The highest BCUT2D eigenvalue weighted by Gasteiger charge is 2.21. The Labute approximate surface area is 302 Å². The first-order valence-corrected chi connectivity index (χ1v) is 17.8. The zero-order valence-electron chi connectivity index (χ0n) is 28.4. The molecule has 0 saturated carbocycles. The number of nitrogens with zero attached hydrogens (tertiary/aromatic N) is 1. The van der Waals surface area contributed by atoms with Gasteiger partial charge in [-0.3, -0.25) is 0 Å². The highest BCUT2D eigenvalue weighted by molar-refractivity contribution is 6.24. The molecule has 244 valence electrons. The molecule has 10 aromatic rings. The van der Waals surface area contributed by atoms with Gasteiger partial charge >= 0.3 is 0 Å². The number of benzene rings is 9. The lowest BCUT2D eigenvalue weighted by Gasteiger charge is -2.27. The van der Waals surface area contributed by atoms with E-state index in [4.69, 9.17) is 4.42 Å². The van der Waals surface area contributed by atoms with Gasteiger partial charge in [0.25, 0.3) is 0 Å². The highest BCUT2D eigenvalue weighted by Crippen LogP contribution is 2.46. The fourth-order valence-corrected chi connectivity index (χ4v) is 7.74. The van der Waals surface area contributed by atoms with Crippen LogP contribution in [0.15, 0.2) is 205 Å². The molecule has 0 aliphatic carbocycles. The van der Waals surface area contributed by atoms with Gasteiger partial charge in [0.2, 0.25) is 0 Å². The predicted molar refractivity (Wildman–Crippen MR) is 220 cm³/mol. The lowest BCUT2D eigenvalue weighted by molar-refractivity contribution is 0.669. The van der Waals surface area contributed by atoms with Crippen molar-refractivity contribution in [1.29, 1.82) is 0 Å². The largest absolute Gasteiger partial charge is 0.456 e. The molecule has 10 rings (SSSR count). The van der Waals surface area contributed by atoms with Crippen LogP contribution in [0.1, 0.15) is 0 Å². The fraction of sp³-hybridized carbons (Fsp3) is 0. The molecule has 9 aromatic carbocycles. The molecular weight excluding hydrogens is 631 g/mol. The Balaban J connectivity index is 1.17. The van der Waals surface area contributed by atoms with Gasteiger partial charge in [0, 0.05) is 16.8 Å². The summed E-state index contributed by atoms with van der Waals surface area (Å²) in [6, 6.07) is 71.6. The van der Waals surface area contributed by atoms with Gasteiger partial charge in [0.1, 0.15) is 11.2 Å². The zero-order chi connectivity index (χ0) is 34.4. The number of rotatable bonds is 6. The average Bonchev–Trinajstić information content (AvgIpc) is 3.62. The molecule has 1 heterocycles. The molecular formula is C50H33NO. The quantitative estimate of drug-likeness (QED) is 0.176. The molecule has 0 amide bonds. The summed E-state index contributed by atoms with van der Waals surface area (Å²) >= 11 is 0. The van der Waals surface area contributed by atoms with Crippen molar-refractivity contribution in [1.82, 2.24) is 0 Å². The number of furan rings is 1. The van der Waals surface area contributed by atoms with E-state index in [9.17, 15) is 0 Å². The lowest BCUT2D eigenvalue weighted by Crippen LogP contribution is -2.10. The molecule has 0 radical (unpaired) electrons. The second-order valence-electron chi connectivity index (χ2n) is 13.3. The maximum Gasteiger partial charge on any atom is 0.137 e. The standard InChI is InChI=1S/C50H33NO/c1-3-11-34(12-4-1)36-23-27-41(28-24-36)51(42-29-25-37(26-30-42)40-22-21-35-13-7-8-16-39(35)33-40)46-19-10-20-47-50(46)49-45-18-9-17-43(38-14-5-2-6-15-38)44(45)31-32-48(49)52-47/h1-33H. The summed E-state index contributed by atoms with van der Waals surface area (Å²) in [6.07, 6.45) is 0. The monoisotopic (exact) mass is 663 g/mol. The van der Waals surface area contributed by atoms with Crippen molar-refractivity contribution in [3.8, 4) is 33.4 Å². The van der Waals surface area contributed by atoms with Gasteiger partial charge in [0.15, 0.2) is 0 Å². The third-order valence-electron chi connectivity index (χ3n) is 10.3. The second-order valence-corrected chi connectivity index (χ2v) is 13.3. The van der Waals surface area contributed by atoms with Gasteiger partial charge in [-0.2, -0.15) is 0 Å². The molecule has 0 aliphatic rings. The summed E-state index contributed by atoms with van der Waals surface area (Å²) in [5, 5.41) is 7.09. The summed E-state index contributed by atoms with van der Waals surface area (Å²) < 4.78 is 6.63. The molecule has 0 spiro atoms. The Morgan fingerprint density at radius 3 is 1.63 bits per heavy atom. The summed E-state index contributed by atoms with van der Waals surface area (Å²) in [5.41, 5.74) is 12.1. The van der Waals surface area contributed by atoms with Gasteiger partial charge in [-0.15, -0.1) is 0 Å². The maximum atomic E-state index is 6.63. The van der Waals surface area contributed by atoms with Gasteiger partial charge in [-0.05, 0) is 103 Å². The molecule has 0 fully saturated rings. The summed E-state index contributed by atoms with van der Waals surface area (Å²) in [7, 11) is 0. The Morgan fingerprint density at radius 2 is 0.904 bits per heavy atom. The first-order chi connectivity index (χ1) is 25.8. The Kier molecular flexibility index (Phi) is 7.18. The van der Waals surface area contributed by atoms with Crippen LogP contribution in [0.4, 0.5) is 17.1 Å². The first kappa shape index (κ1) is 30.0. The van der Waals surface area contributed by atoms with E-state index < -0.39 is 0 Å². The third-order valence-corrected chi connectivity index (χ3v) is 10.3. The first-order valence-electron chi connectivity index (χ1n) is 17.8. The Hall–Kier alpha value is -6.90. The van der Waals surface area contributed by atoms with Crippen LogP contribution in [0.2, 0.25) is 0 Å². The number of hydrogen-bond acceptors (Lipinski definition) is 2. The van der Waals surface area contributed by atoms with Crippen molar-refractivity contribution < 1.29 is 4.42 Å². The molecule has 1 aromatic heterocycles. The minimum atomic E-state index is 0.865. The van der Waals surface area contributed by atoms with E-state index in [1.54, 1.807) is 0 Å². The fourth-order valence-electron chi connectivity index (χ4n) is 7.74. The van der Waals surface area contributed by atoms with E-state index >= 15 is 0 Å². The van der Waals surface area contributed by atoms with Gasteiger partial charge in [0.05, 0.1) is 11.1 Å². The van der Waals surface area contributed by atoms with Crippen molar-refractivity contribution in [2.75, 3.05) is 4.90 Å². The maximum absolute atomic E-state index is 6.63. The minimum Gasteiger partial charge on any atom is -0.456 e. The van der Waals surface area contributed by atoms with Crippen molar-refractivity contribution in [2.24, 2.45) is 0 Å². The Morgan fingerprint density at radius 1 is 0.327 bits per heavy atom. The number of anilines is 3. The van der Waals surface area contributed by atoms with Crippen molar-refractivity contribution in [3.05, 3.63) is 200 Å². The van der Waals surface area contributed by atoms with E-state index in [1.165, 1.54) is 54.9 Å². The number of fused-ring (bicyclic) bond motifs is 6. The summed E-state index contributed by atoms with van der Waals surface area (Å²) in [6.45, 7) is 0. The van der Waals surface area contributed by atoms with E-state index in [1.807, 2.05) is 0 Å². The Bertz CT molecular complexity index is 2870. The third kappa shape index (κ3) is 5.12. The topological polar surface area (TPSA) is 16.4 Å². The van der Waals surface area contributed by atoms with Crippen LogP contribution in [-0.4, -0.2) is 0 Å². The number of hydrogen-bond donors (Lipinski definition) is 0. The van der Waals surface area contributed by atoms with E-state index in [2.05, 4.69) is 205 Å². The average molecular weight is 664 g/mol. The zero-order valence-corrected chi connectivity index (χ0v) is 28.4. The van der Waals surface area contributed by atoms with Crippen LogP contribution in [0.25, 0.3) is 76.9 Å². The predicted octanol–water partition coefficient (Wildman–Crippen LogP) is 14.4. The molecule has 0 aliphatic heterocycles.